The third-order valence-corrected chi connectivity index (χ3v) is 7.25. The molecule has 0 unspecified atom stereocenters. The molecule has 3 aromatic rings. The molecular formula is C27H22FI2N3O2. The van der Waals surface area contributed by atoms with E-state index >= 15 is 0 Å². The number of para-hydroxylation sites is 1. The molecule has 1 fully saturated rings. The maximum atomic E-state index is 13.4. The van der Waals surface area contributed by atoms with E-state index in [-0.39, 0.29) is 23.9 Å². The second-order valence-electron chi connectivity index (χ2n) is 8.02. The molecule has 0 atom stereocenters. The smallest absolute Gasteiger partial charge is 0.264 e. The fourth-order valence-corrected chi connectivity index (χ4v) is 6.00. The lowest BCUT2D eigenvalue weighted by atomic mass is 10.1. The minimum absolute atomic E-state index is 0.109. The fraction of sp³-hybridized carbons (Fsp3) is 0.185. The van der Waals surface area contributed by atoms with E-state index in [9.17, 15) is 14.4 Å². The summed E-state index contributed by atoms with van der Waals surface area (Å²) in [6.45, 7) is 2.82. The van der Waals surface area contributed by atoms with Gasteiger partial charge in [-0.05, 0) is 98.8 Å². The second kappa shape index (κ2) is 11.9. The highest BCUT2D eigenvalue weighted by Crippen LogP contribution is 2.31. The predicted octanol–water partition coefficient (Wildman–Crippen LogP) is 5.87. The molecule has 0 bridgehead atoms. The van der Waals surface area contributed by atoms with E-state index in [1.165, 1.54) is 12.1 Å². The van der Waals surface area contributed by atoms with Crippen molar-refractivity contribution in [2.24, 2.45) is 0 Å². The van der Waals surface area contributed by atoms with E-state index in [1.54, 1.807) is 17.0 Å². The molecule has 5 nitrogen and oxygen atoms in total. The number of piperazine rings is 1. The van der Waals surface area contributed by atoms with Crippen molar-refractivity contribution in [3.05, 3.63) is 96.4 Å². The number of nitrogens with zero attached hydrogens (tertiary/aromatic N) is 3. The van der Waals surface area contributed by atoms with Crippen molar-refractivity contribution < 1.29 is 13.9 Å². The van der Waals surface area contributed by atoms with Gasteiger partial charge in [-0.1, -0.05) is 30.3 Å². The first-order valence-electron chi connectivity index (χ1n) is 11.0. The van der Waals surface area contributed by atoms with Crippen molar-refractivity contribution in [2.45, 2.75) is 6.61 Å². The van der Waals surface area contributed by atoms with Gasteiger partial charge in [0.05, 0.1) is 7.14 Å². The van der Waals surface area contributed by atoms with Crippen molar-refractivity contribution in [2.75, 3.05) is 31.1 Å². The monoisotopic (exact) mass is 693 g/mol. The Kier molecular flexibility index (Phi) is 8.62. The molecular weight excluding hydrogens is 671 g/mol. The third-order valence-electron chi connectivity index (χ3n) is 5.64. The summed E-state index contributed by atoms with van der Waals surface area (Å²) in [4.78, 5) is 17.0. The van der Waals surface area contributed by atoms with Crippen molar-refractivity contribution >= 4 is 62.9 Å². The lowest BCUT2D eigenvalue weighted by molar-refractivity contribution is -0.126. The molecule has 4 rings (SSSR count). The molecule has 1 amide bonds. The summed E-state index contributed by atoms with van der Waals surface area (Å²) < 4.78 is 21.1. The van der Waals surface area contributed by atoms with Crippen LogP contribution >= 0.6 is 45.2 Å². The summed E-state index contributed by atoms with van der Waals surface area (Å²) in [5, 5.41) is 9.71. The maximum absolute atomic E-state index is 13.4. The van der Waals surface area contributed by atoms with Crippen molar-refractivity contribution in [3.63, 3.8) is 0 Å². The SMILES string of the molecule is N#C/C(=C/c1cc(I)c(OCc2cccc(F)c2)c(I)c1)C(=O)N1CCN(c2ccccc2)CC1. The van der Waals surface area contributed by atoms with Crippen LogP contribution in [0.3, 0.4) is 0 Å². The highest BCUT2D eigenvalue weighted by molar-refractivity contribution is 14.1. The minimum Gasteiger partial charge on any atom is -0.487 e. The highest BCUT2D eigenvalue weighted by Gasteiger charge is 2.24. The van der Waals surface area contributed by atoms with Crippen LogP contribution in [0.4, 0.5) is 10.1 Å². The van der Waals surface area contributed by atoms with Crippen LogP contribution in [-0.4, -0.2) is 37.0 Å². The molecule has 1 aliphatic rings. The minimum atomic E-state index is -0.300. The predicted molar refractivity (Wildman–Crippen MR) is 151 cm³/mol. The Hall–Kier alpha value is -2.65. The normalized spacial score (nSPS) is 13.9. The summed E-state index contributed by atoms with van der Waals surface area (Å²) in [5.41, 5.74) is 2.74. The standard InChI is InChI=1S/C27H22FI2N3O2/c28-22-6-4-5-19(14-22)18-35-26-24(29)15-20(16-25(26)30)13-21(17-31)27(34)33-11-9-32(10-12-33)23-7-2-1-3-8-23/h1-8,13-16H,9-12,18H2/b21-13-. The summed E-state index contributed by atoms with van der Waals surface area (Å²) in [6, 6.07) is 22.3. The number of nitriles is 1. The van der Waals surface area contributed by atoms with Gasteiger partial charge in [-0.2, -0.15) is 5.26 Å². The Morgan fingerprint density at radius 1 is 1.00 bits per heavy atom. The van der Waals surface area contributed by atoms with Crippen LogP contribution < -0.4 is 9.64 Å². The van der Waals surface area contributed by atoms with Gasteiger partial charge >= 0.3 is 0 Å². The molecule has 0 radical (unpaired) electrons. The average molecular weight is 693 g/mol. The first-order chi connectivity index (χ1) is 16.9. The number of hydrogen-bond donors (Lipinski definition) is 0. The number of ether oxygens (including phenoxy) is 1. The van der Waals surface area contributed by atoms with Gasteiger partial charge in [-0.15, -0.1) is 0 Å². The molecule has 35 heavy (non-hydrogen) atoms. The number of hydrogen-bond acceptors (Lipinski definition) is 4. The number of halogens is 3. The van der Waals surface area contributed by atoms with E-state index in [4.69, 9.17) is 4.74 Å². The van der Waals surface area contributed by atoms with Crippen LogP contribution in [0.1, 0.15) is 11.1 Å². The lowest BCUT2D eigenvalue weighted by Gasteiger charge is -2.36. The van der Waals surface area contributed by atoms with Gasteiger partial charge in [0, 0.05) is 31.9 Å². The number of carbonyl (C=O) groups is 1. The van der Waals surface area contributed by atoms with Crippen molar-refractivity contribution in [3.8, 4) is 11.8 Å². The molecule has 1 saturated heterocycles. The second-order valence-corrected chi connectivity index (χ2v) is 10.3. The zero-order valence-electron chi connectivity index (χ0n) is 18.8. The first kappa shape index (κ1) is 25.4. The molecule has 178 valence electrons. The van der Waals surface area contributed by atoms with Gasteiger partial charge in [0.2, 0.25) is 0 Å². The van der Waals surface area contributed by atoms with Crippen LogP contribution in [0, 0.1) is 24.3 Å². The first-order valence-corrected chi connectivity index (χ1v) is 13.2. The molecule has 0 saturated carbocycles. The van der Waals surface area contributed by atoms with Gasteiger partial charge in [-0.3, -0.25) is 4.79 Å². The fourth-order valence-electron chi connectivity index (χ4n) is 3.87. The Morgan fingerprint density at radius 3 is 2.31 bits per heavy atom. The van der Waals surface area contributed by atoms with Crippen LogP contribution in [0.2, 0.25) is 0 Å². The van der Waals surface area contributed by atoms with E-state index < -0.39 is 0 Å². The third kappa shape index (κ3) is 6.52. The van der Waals surface area contributed by atoms with Crippen molar-refractivity contribution in [1.82, 2.24) is 4.90 Å². The Bertz CT molecular complexity index is 1260. The molecule has 0 N–H and O–H groups in total. The molecule has 1 aliphatic heterocycles. The Morgan fingerprint density at radius 2 is 1.69 bits per heavy atom. The molecule has 0 spiro atoms. The van der Waals surface area contributed by atoms with Gasteiger partial charge in [0.25, 0.3) is 5.91 Å². The number of rotatable bonds is 6. The number of amides is 1. The Balaban J connectivity index is 1.43. The quantitative estimate of drug-likeness (QED) is 0.184. The topological polar surface area (TPSA) is 56.6 Å². The summed E-state index contributed by atoms with van der Waals surface area (Å²) in [6.07, 6.45) is 1.63. The summed E-state index contributed by atoms with van der Waals surface area (Å²) in [7, 11) is 0. The van der Waals surface area contributed by atoms with E-state index in [0.717, 1.165) is 37.0 Å². The average Bonchev–Trinajstić information content (AvgIpc) is 2.87. The van der Waals surface area contributed by atoms with Crippen LogP contribution in [0.15, 0.2) is 72.3 Å². The molecule has 8 heteroatoms. The van der Waals surface area contributed by atoms with Gasteiger partial charge in [-0.25, -0.2) is 4.39 Å². The number of anilines is 1. The molecule has 0 aromatic heterocycles. The van der Waals surface area contributed by atoms with Gasteiger partial charge < -0.3 is 14.5 Å². The lowest BCUT2D eigenvalue weighted by Crippen LogP contribution is -2.49. The zero-order valence-corrected chi connectivity index (χ0v) is 23.1. The number of carbonyl (C=O) groups excluding carboxylic acids is 1. The summed E-state index contributed by atoms with van der Waals surface area (Å²) >= 11 is 4.34. The zero-order chi connectivity index (χ0) is 24.8. The van der Waals surface area contributed by atoms with E-state index in [2.05, 4.69) is 68.3 Å². The van der Waals surface area contributed by atoms with Gasteiger partial charge in [0.15, 0.2) is 0 Å². The summed E-state index contributed by atoms with van der Waals surface area (Å²) in [5.74, 6) is 0.136. The molecule has 0 aliphatic carbocycles. The van der Waals surface area contributed by atoms with Crippen LogP contribution in [-0.2, 0) is 11.4 Å². The highest BCUT2D eigenvalue weighted by atomic mass is 127. The molecule has 1 heterocycles. The van der Waals surface area contributed by atoms with Crippen molar-refractivity contribution in [1.29, 1.82) is 5.26 Å². The Labute approximate surface area is 231 Å². The van der Waals surface area contributed by atoms with Gasteiger partial charge in [0.1, 0.15) is 29.8 Å². The van der Waals surface area contributed by atoms with E-state index in [0.29, 0.717) is 18.8 Å². The molecule has 3 aromatic carbocycles. The maximum Gasteiger partial charge on any atom is 0.264 e. The number of benzene rings is 3. The van der Waals surface area contributed by atoms with Crippen LogP contribution in [0.25, 0.3) is 6.08 Å². The van der Waals surface area contributed by atoms with E-state index in [1.807, 2.05) is 36.4 Å². The van der Waals surface area contributed by atoms with Crippen LogP contribution in [0.5, 0.6) is 5.75 Å². The largest absolute Gasteiger partial charge is 0.487 e.